The zero-order chi connectivity index (χ0) is 25.1. The summed E-state index contributed by atoms with van der Waals surface area (Å²) in [5, 5.41) is 0. The van der Waals surface area contributed by atoms with Crippen LogP contribution in [0.4, 0.5) is 0 Å². The molecule has 0 spiro atoms. The molecule has 2 aromatic rings. The van der Waals surface area contributed by atoms with Crippen LogP contribution in [-0.4, -0.2) is 24.1 Å². The second kappa shape index (κ2) is 13.5. The van der Waals surface area contributed by atoms with E-state index in [0.29, 0.717) is 24.7 Å². The van der Waals surface area contributed by atoms with Gasteiger partial charge in [-0.3, -0.25) is 0 Å². The van der Waals surface area contributed by atoms with Crippen molar-refractivity contribution in [3.05, 3.63) is 89.5 Å². The first kappa shape index (κ1) is 27.1. The van der Waals surface area contributed by atoms with E-state index in [9.17, 15) is 9.59 Å². The number of carbonyl (C=O) groups is 2. The molecule has 4 heteroatoms. The summed E-state index contributed by atoms with van der Waals surface area (Å²) in [5.74, 6) is -0.579. The van der Waals surface area contributed by atoms with Crippen LogP contribution in [0.25, 0.3) is 5.57 Å². The van der Waals surface area contributed by atoms with Crippen molar-refractivity contribution in [2.75, 3.05) is 0 Å². The molecule has 0 heterocycles. The average molecular weight is 463 g/mol. The average Bonchev–Trinajstić information content (AvgIpc) is 2.76. The lowest BCUT2D eigenvalue weighted by atomic mass is 9.97. The first-order valence-corrected chi connectivity index (χ1v) is 12.1. The van der Waals surface area contributed by atoms with E-state index in [2.05, 4.69) is 27.7 Å². The molecule has 0 saturated carbocycles. The molecule has 0 aliphatic carbocycles. The summed E-state index contributed by atoms with van der Waals surface area (Å²) in [5.41, 5.74) is 2.75. The lowest BCUT2D eigenvalue weighted by molar-refractivity contribution is -0.152. The van der Waals surface area contributed by atoms with E-state index in [1.54, 1.807) is 6.08 Å². The second-order valence-electron chi connectivity index (χ2n) is 9.58. The van der Waals surface area contributed by atoms with E-state index in [1.165, 1.54) is 6.08 Å². The van der Waals surface area contributed by atoms with Crippen molar-refractivity contribution in [3.8, 4) is 0 Å². The van der Waals surface area contributed by atoms with Crippen molar-refractivity contribution < 1.29 is 19.1 Å². The SMILES string of the molecule is CC(C)CC(C)OC(=O)C(=CC=C(c1ccccc1)c1ccccc1)C(=O)OC(C)CC(C)C. The number of benzene rings is 2. The molecule has 0 bridgehead atoms. The molecule has 2 rings (SSSR count). The van der Waals surface area contributed by atoms with Gasteiger partial charge in [-0.15, -0.1) is 0 Å². The Labute approximate surface area is 204 Å². The summed E-state index contributed by atoms with van der Waals surface area (Å²) in [6.45, 7) is 12.0. The maximum Gasteiger partial charge on any atom is 0.345 e. The van der Waals surface area contributed by atoms with Crippen molar-refractivity contribution >= 4 is 17.5 Å². The number of rotatable bonds is 11. The Hall–Kier alpha value is -3.14. The summed E-state index contributed by atoms with van der Waals surface area (Å²) < 4.78 is 11.2. The Kier molecular flexibility index (Phi) is 10.8. The zero-order valence-electron chi connectivity index (χ0n) is 21.3. The van der Waals surface area contributed by atoms with Crippen molar-refractivity contribution in [2.24, 2.45) is 11.8 Å². The molecule has 0 saturated heterocycles. The molecule has 182 valence electrons. The Bertz CT molecular complexity index is 898. The molecule has 2 aromatic carbocycles. The molecular weight excluding hydrogens is 424 g/mol. The second-order valence-corrected chi connectivity index (χ2v) is 9.58. The fourth-order valence-electron chi connectivity index (χ4n) is 3.90. The summed E-state index contributed by atoms with van der Waals surface area (Å²) in [6, 6.07) is 19.7. The molecule has 0 aliphatic rings. The summed E-state index contributed by atoms with van der Waals surface area (Å²) in [4.78, 5) is 26.1. The van der Waals surface area contributed by atoms with Crippen LogP contribution in [0.5, 0.6) is 0 Å². The highest BCUT2D eigenvalue weighted by Crippen LogP contribution is 2.24. The van der Waals surface area contributed by atoms with Crippen molar-refractivity contribution in [1.82, 2.24) is 0 Å². The van der Waals surface area contributed by atoms with Crippen LogP contribution in [0.3, 0.4) is 0 Å². The third-order valence-corrected chi connectivity index (χ3v) is 5.25. The van der Waals surface area contributed by atoms with E-state index in [0.717, 1.165) is 16.7 Å². The summed E-state index contributed by atoms with van der Waals surface area (Å²) >= 11 is 0. The fraction of sp³-hybridized carbons (Fsp3) is 0.400. The van der Waals surface area contributed by atoms with Crippen molar-refractivity contribution in [3.63, 3.8) is 0 Å². The zero-order valence-corrected chi connectivity index (χ0v) is 21.3. The number of hydrogen-bond acceptors (Lipinski definition) is 4. The minimum absolute atomic E-state index is 0.101. The van der Waals surface area contributed by atoms with E-state index in [-0.39, 0.29) is 17.8 Å². The van der Waals surface area contributed by atoms with Gasteiger partial charge in [-0.2, -0.15) is 0 Å². The molecule has 0 aliphatic heterocycles. The first-order chi connectivity index (χ1) is 16.2. The lowest BCUT2D eigenvalue weighted by Gasteiger charge is -2.18. The Morgan fingerprint density at radius 2 is 1.03 bits per heavy atom. The van der Waals surface area contributed by atoms with Gasteiger partial charge in [0, 0.05) is 0 Å². The molecule has 0 fully saturated rings. The topological polar surface area (TPSA) is 52.6 Å². The van der Waals surface area contributed by atoms with Gasteiger partial charge in [-0.1, -0.05) is 94.4 Å². The molecule has 34 heavy (non-hydrogen) atoms. The highest BCUT2D eigenvalue weighted by atomic mass is 16.6. The fourth-order valence-corrected chi connectivity index (χ4v) is 3.90. The molecule has 0 N–H and O–H groups in total. The van der Waals surface area contributed by atoms with Gasteiger partial charge < -0.3 is 9.47 Å². The normalized spacial score (nSPS) is 12.6. The van der Waals surface area contributed by atoms with Gasteiger partial charge in [0.1, 0.15) is 5.57 Å². The minimum atomic E-state index is -0.661. The molecule has 0 radical (unpaired) electrons. The summed E-state index contributed by atoms with van der Waals surface area (Å²) in [6.07, 6.45) is 4.15. The molecular formula is C30H38O4. The molecule has 0 amide bonds. The Morgan fingerprint density at radius 1 is 0.647 bits per heavy atom. The van der Waals surface area contributed by atoms with Gasteiger partial charge in [-0.25, -0.2) is 9.59 Å². The van der Waals surface area contributed by atoms with Crippen LogP contribution in [0.1, 0.15) is 65.5 Å². The van der Waals surface area contributed by atoms with Crippen LogP contribution in [0.15, 0.2) is 78.4 Å². The Balaban J connectivity index is 2.45. The molecule has 4 nitrogen and oxygen atoms in total. The molecule has 0 aromatic heterocycles. The largest absolute Gasteiger partial charge is 0.459 e. The monoisotopic (exact) mass is 462 g/mol. The van der Waals surface area contributed by atoms with E-state index >= 15 is 0 Å². The maximum absolute atomic E-state index is 13.0. The number of hydrogen-bond donors (Lipinski definition) is 0. The van der Waals surface area contributed by atoms with Gasteiger partial charge in [0.05, 0.1) is 12.2 Å². The van der Waals surface area contributed by atoms with Crippen LogP contribution in [-0.2, 0) is 19.1 Å². The number of allylic oxidation sites excluding steroid dienone is 2. The van der Waals surface area contributed by atoms with Gasteiger partial charge in [0.25, 0.3) is 0 Å². The highest BCUT2D eigenvalue weighted by Gasteiger charge is 2.25. The van der Waals surface area contributed by atoms with Crippen LogP contribution in [0, 0.1) is 11.8 Å². The molecule has 2 atom stereocenters. The van der Waals surface area contributed by atoms with Crippen LogP contribution < -0.4 is 0 Å². The van der Waals surface area contributed by atoms with Gasteiger partial charge in [0.15, 0.2) is 0 Å². The predicted molar refractivity (Wildman–Crippen MR) is 138 cm³/mol. The third-order valence-electron chi connectivity index (χ3n) is 5.25. The standard InChI is InChI=1S/C30H38O4/c1-21(2)19-23(5)33-29(31)28(30(32)34-24(6)20-22(3)4)18-17-27(25-13-9-7-10-14-25)26-15-11-8-12-16-26/h7-18,21-24H,19-20H2,1-6H3. The number of ether oxygens (including phenoxy) is 2. The number of esters is 2. The van der Waals surface area contributed by atoms with Crippen LogP contribution >= 0.6 is 0 Å². The lowest BCUT2D eigenvalue weighted by Crippen LogP contribution is -2.26. The first-order valence-electron chi connectivity index (χ1n) is 12.1. The smallest absolute Gasteiger partial charge is 0.345 e. The number of carbonyl (C=O) groups excluding carboxylic acids is 2. The van der Waals surface area contributed by atoms with Crippen LogP contribution in [0.2, 0.25) is 0 Å². The van der Waals surface area contributed by atoms with Crippen molar-refractivity contribution in [2.45, 2.75) is 66.6 Å². The Morgan fingerprint density at radius 3 is 1.38 bits per heavy atom. The highest BCUT2D eigenvalue weighted by molar-refractivity contribution is 6.14. The maximum atomic E-state index is 13.0. The quantitative estimate of drug-likeness (QED) is 0.119. The predicted octanol–water partition coefficient (Wildman–Crippen LogP) is 7.00. The van der Waals surface area contributed by atoms with E-state index in [4.69, 9.17) is 9.47 Å². The minimum Gasteiger partial charge on any atom is -0.459 e. The van der Waals surface area contributed by atoms with Gasteiger partial charge in [0.2, 0.25) is 0 Å². The van der Waals surface area contributed by atoms with Gasteiger partial charge >= 0.3 is 11.9 Å². The summed E-state index contributed by atoms with van der Waals surface area (Å²) in [7, 11) is 0. The van der Waals surface area contributed by atoms with E-state index < -0.39 is 11.9 Å². The molecule has 2 unspecified atom stereocenters. The van der Waals surface area contributed by atoms with Crippen molar-refractivity contribution in [1.29, 1.82) is 0 Å². The third kappa shape index (κ3) is 9.01. The van der Waals surface area contributed by atoms with E-state index in [1.807, 2.05) is 74.5 Å². The van der Waals surface area contributed by atoms with Gasteiger partial charge in [-0.05, 0) is 61.3 Å².